The number of hydrogen-bond donors (Lipinski definition) is 1. The van der Waals surface area contributed by atoms with Crippen LogP contribution < -0.4 is 10.2 Å². The first-order valence-electron chi connectivity index (χ1n) is 6.60. The highest BCUT2D eigenvalue weighted by molar-refractivity contribution is 5.55. The van der Waals surface area contributed by atoms with Gasteiger partial charge in [-0.15, -0.1) is 0 Å². The van der Waals surface area contributed by atoms with Crippen molar-refractivity contribution in [1.29, 1.82) is 0 Å². The van der Waals surface area contributed by atoms with Crippen LogP contribution in [0.3, 0.4) is 0 Å². The zero-order valence-electron chi connectivity index (χ0n) is 11.1. The van der Waals surface area contributed by atoms with Crippen LogP contribution >= 0.6 is 0 Å². The Hall–Kier alpha value is -1.25. The molecule has 1 fully saturated rings. The first-order valence-corrected chi connectivity index (χ1v) is 6.60. The van der Waals surface area contributed by atoms with Crippen molar-refractivity contribution in [2.45, 2.75) is 26.7 Å². The Morgan fingerprint density at radius 2 is 2.24 bits per heavy atom. The third-order valence-corrected chi connectivity index (χ3v) is 3.53. The molecule has 0 aromatic carbocycles. The van der Waals surface area contributed by atoms with Crippen LogP contribution in [0.5, 0.6) is 0 Å². The van der Waals surface area contributed by atoms with Crippen molar-refractivity contribution in [3.63, 3.8) is 0 Å². The van der Waals surface area contributed by atoms with E-state index in [-0.39, 0.29) is 0 Å². The predicted octanol–water partition coefficient (Wildman–Crippen LogP) is 3.00. The van der Waals surface area contributed by atoms with E-state index in [0.29, 0.717) is 0 Å². The molecule has 1 aromatic rings. The molecule has 2 unspecified atom stereocenters. The predicted molar refractivity (Wildman–Crippen MR) is 73.6 cm³/mol. The minimum atomic E-state index is 0.882. The van der Waals surface area contributed by atoms with Crippen molar-refractivity contribution >= 4 is 11.4 Å². The molecule has 0 aliphatic heterocycles. The highest BCUT2D eigenvalue weighted by Crippen LogP contribution is 2.38. The molecule has 1 saturated carbocycles. The first kappa shape index (κ1) is 12.2. The van der Waals surface area contributed by atoms with Gasteiger partial charge < -0.3 is 10.2 Å². The number of nitrogens with zero attached hydrogens (tertiary/aromatic N) is 2. The zero-order valence-corrected chi connectivity index (χ0v) is 11.1. The summed E-state index contributed by atoms with van der Waals surface area (Å²) in [6, 6.07) is 2.19. The van der Waals surface area contributed by atoms with E-state index in [0.717, 1.165) is 37.0 Å². The molecule has 0 amide bonds. The van der Waals surface area contributed by atoms with E-state index in [1.165, 1.54) is 12.1 Å². The number of anilines is 2. The minimum Gasteiger partial charge on any atom is -0.384 e. The van der Waals surface area contributed by atoms with Crippen LogP contribution in [0.2, 0.25) is 0 Å². The molecule has 0 bridgehead atoms. The summed E-state index contributed by atoms with van der Waals surface area (Å²) >= 11 is 0. The molecule has 1 N–H and O–H groups in total. The maximum Gasteiger partial charge on any atom is 0.0570 e. The largest absolute Gasteiger partial charge is 0.384 e. The van der Waals surface area contributed by atoms with Gasteiger partial charge in [0.15, 0.2) is 0 Å². The van der Waals surface area contributed by atoms with Gasteiger partial charge in [-0.1, -0.05) is 13.8 Å². The van der Waals surface area contributed by atoms with Crippen LogP contribution in [0.15, 0.2) is 18.5 Å². The Morgan fingerprint density at radius 3 is 2.88 bits per heavy atom. The fraction of sp³-hybridized carbons (Fsp3) is 0.643. The quantitative estimate of drug-likeness (QED) is 0.818. The van der Waals surface area contributed by atoms with Gasteiger partial charge in [-0.05, 0) is 30.7 Å². The lowest BCUT2D eigenvalue weighted by Crippen LogP contribution is -2.20. The SMILES string of the molecule is CCCNc1cncc(N(C)CC2CC2C)c1. The molecule has 94 valence electrons. The van der Waals surface area contributed by atoms with Gasteiger partial charge >= 0.3 is 0 Å². The van der Waals surface area contributed by atoms with Crippen LogP contribution in [-0.4, -0.2) is 25.1 Å². The van der Waals surface area contributed by atoms with Crippen LogP contribution in [0.25, 0.3) is 0 Å². The Morgan fingerprint density at radius 1 is 1.47 bits per heavy atom. The number of rotatable bonds is 6. The second kappa shape index (κ2) is 5.39. The van der Waals surface area contributed by atoms with Crippen molar-refractivity contribution in [3.8, 4) is 0 Å². The van der Waals surface area contributed by atoms with Crippen LogP contribution in [0, 0.1) is 11.8 Å². The number of nitrogens with one attached hydrogen (secondary N) is 1. The van der Waals surface area contributed by atoms with E-state index >= 15 is 0 Å². The lowest BCUT2D eigenvalue weighted by atomic mass is 10.3. The van der Waals surface area contributed by atoms with Gasteiger partial charge in [0.05, 0.1) is 23.8 Å². The second-order valence-corrected chi connectivity index (χ2v) is 5.21. The smallest absolute Gasteiger partial charge is 0.0570 e. The van der Waals surface area contributed by atoms with Gasteiger partial charge in [0, 0.05) is 20.1 Å². The molecule has 17 heavy (non-hydrogen) atoms. The van der Waals surface area contributed by atoms with Crippen molar-refractivity contribution in [2.75, 3.05) is 30.4 Å². The van der Waals surface area contributed by atoms with E-state index in [4.69, 9.17) is 0 Å². The van der Waals surface area contributed by atoms with Crippen molar-refractivity contribution in [1.82, 2.24) is 4.98 Å². The monoisotopic (exact) mass is 233 g/mol. The summed E-state index contributed by atoms with van der Waals surface area (Å²) in [6.07, 6.45) is 6.36. The molecular formula is C14H23N3. The number of pyridine rings is 1. The van der Waals surface area contributed by atoms with E-state index < -0.39 is 0 Å². The summed E-state index contributed by atoms with van der Waals surface area (Å²) in [7, 11) is 2.16. The number of aromatic nitrogens is 1. The molecule has 1 heterocycles. The average Bonchev–Trinajstić information content (AvgIpc) is 3.02. The average molecular weight is 233 g/mol. The van der Waals surface area contributed by atoms with Crippen LogP contribution in [0.4, 0.5) is 11.4 Å². The fourth-order valence-corrected chi connectivity index (χ4v) is 2.11. The highest BCUT2D eigenvalue weighted by atomic mass is 15.1. The van der Waals surface area contributed by atoms with Crippen molar-refractivity contribution in [2.24, 2.45) is 11.8 Å². The molecule has 1 aliphatic rings. The summed E-state index contributed by atoms with van der Waals surface area (Å²) in [4.78, 5) is 6.62. The van der Waals surface area contributed by atoms with Gasteiger partial charge in [0.2, 0.25) is 0 Å². The zero-order chi connectivity index (χ0) is 12.3. The fourth-order valence-electron chi connectivity index (χ4n) is 2.11. The Balaban J connectivity index is 1.94. The second-order valence-electron chi connectivity index (χ2n) is 5.21. The molecule has 0 spiro atoms. The molecule has 2 rings (SSSR count). The third kappa shape index (κ3) is 3.35. The summed E-state index contributed by atoms with van der Waals surface area (Å²) in [6.45, 7) is 6.66. The lowest BCUT2D eigenvalue weighted by Gasteiger charge is -2.19. The van der Waals surface area contributed by atoms with Crippen molar-refractivity contribution in [3.05, 3.63) is 18.5 Å². The van der Waals surface area contributed by atoms with E-state index in [9.17, 15) is 0 Å². The minimum absolute atomic E-state index is 0.882. The normalized spacial score (nSPS) is 22.3. The van der Waals surface area contributed by atoms with Gasteiger partial charge in [-0.3, -0.25) is 4.98 Å². The molecule has 1 aromatic heterocycles. The molecule has 3 nitrogen and oxygen atoms in total. The van der Waals surface area contributed by atoms with Gasteiger partial charge in [0.25, 0.3) is 0 Å². The Kier molecular flexibility index (Phi) is 3.87. The standard InChI is InChI=1S/C14H23N3/c1-4-5-16-13-7-14(9-15-8-13)17(3)10-12-6-11(12)2/h7-9,11-12,16H,4-6,10H2,1-3H3. The maximum absolute atomic E-state index is 4.30. The van der Waals surface area contributed by atoms with Crippen molar-refractivity contribution < 1.29 is 0 Å². The molecule has 3 heteroatoms. The summed E-state index contributed by atoms with van der Waals surface area (Å²) in [5.41, 5.74) is 2.34. The lowest BCUT2D eigenvalue weighted by molar-refractivity contribution is 0.724. The van der Waals surface area contributed by atoms with Gasteiger partial charge in [-0.25, -0.2) is 0 Å². The number of hydrogen-bond acceptors (Lipinski definition) is 3. The molecule has 2 atom stereocenters. The molecule has 0 saturated heterocycles. The van der Waals surface area contributed by atoms with E-state index in [2.05, 4.69) is 42.2 Å². The molecular weight excluding hydrogens is 210 g/mol. The maximum atomic E-state index is 4.30. The van der Waals surface area contributed by atoms with E-state index in [1.807, 2.05) is 12.4 Å². The summed E-state index contributed by atoms with van der Waals surface area (Å²) < 4.78 is 0. The molecule has 0 radical (unpaired) electrons. The van der Waals surface area contributed by atoms with Gasteiger partial charge in [0.1, 0.15) is 0 Å². The Labute approximate surface area is 104 Å². The van der Waals surface area contributed by atoms with Crippen LogP contribution in [-0.2, 0) is 0 Å². The molecule has 1 aliphatic carbocycles. The third-order valence-electron chi connectivity index (χ3n) is 3.53. The van der Waals surface area contributed by atoms with Gasteiger partial charge in [-0.2, -0.15) is 0 Å². The first-order chi connectivity index (χ1) is 8.20. The van der Waals surface area contributed by atoms with Crippen LogP contribution in [0.1, 0.15) is 26.7 Å². The van der Waals surface area contributed by atoms with E-state index in [1.54, 1.807) is 0 Å². The summed E-state index contributed by atoms with van der Waals surface area (Å²) in [5, 5.41) is 3.38. The summed E-state index contributed by atoms with van der Waals surface area (Å²) in [5.74, 6) is 1.79. The highest BCUT2D eigenvalue weighted by Gasteiger charge is 2.33. The topological polar surface area (TPSA) is 28.2 Å². The Bertz CT molecular complexity index is 364.